The molecule has 0 aliphatic carbocycles. The molecule has 7 heteroatoms. The van der Waals surface area contributed by atoms with E-state index in [2.05, 4.69) is 20.9 Å². The number of carbonyl (C=O) groups is 1. The van der Waals surface area contributed by atoms with Crippen molar-refractivity contribution in [3.8, 4) is 0 Å². The zero-order valence-corrected chi connectivity index (χ0v) is 12.5. The molecule has 0 radical (unpaired) electrons. The van der Waals surface area contributed by atoms with Crippen LogP contribution in [0.25, 0.3) is 0 Å². The smallest absolute Gasteiger partial charge is 0.407 e. The Balaban J connectivity index is 2.16. The molecule has 1 saturated heterocycles. The van der Waals surface area contributed by atoms with Crippen LogP contribution < -0.4 is 0 Å². The van der Waals surface area contributed by atoms with E-state index in [0.717, 1.165) is 35.7 Å². The van der Waals surface area contributed by atoms with Gasteiger partial charge in [0.25, 0.3) is 0 Å². The standard InChI is InChI=1S/C11H15BrN2O3S/c1-14(11(15)16)6-8-9(18-10(12)13-8)7-2-4-17-5-3-7/h7H,2-6H2,1H3,(H,15,16). The molecule has 2 rings (SSSR count). The minimum Gasteiger partial charge on any atom is -0.465 e. The number of halogens is 1. The Bertz CT molecular complexity index is 432. The van der Waals surface area contributed by atoms with E-state index in [1.807, 2.05) is 0 Å². The van der Waals surface area contributed by atoms with Crippen molar-refractivity contribution in [2.45, 2.75) is 25.3 Å². The molecule has 1 aliphatic rings. The van der Waals surface area contributed by atoms with Crippen molar-refractivity contribution in [3.05, 3.63) is 14.5 Å². The number of carboxylic acid groups (broad SMARTS) is 1. The molecule has 2 heterocycles. The quantitative estimate of drug-likeness (QED) is 0.923. The second-order valence-corrected chi connectivity index (χ2v) is 6.61. The van der Waals surface area contributed by atoms with Crippen LogP contribution in [0.15, 0.2) is 3.92 Å². The number of nitrogens with zero attached hydrogens (tertiary/aromatic N) is 2. The van der Waals surface area contributed by atoms with Crippen molar-refractivity contribution in [1.29, 1.82) is 0 Å². The normalized spacial score (nSPS) is 16.8. The Labute approximate surface area is 118 Å². The van der Waals surface area contributed by atoms with Crippen LogP contribution in [0.2, 0.25) is 0 Å². The van der Waals surface area contributed by atoms with Gasteiger partial charge in [0, 0.05) is 25.1 Å². The lowest BCUT2D eigenvalue weighted by Gasteiger charge is -2.22. The van der Waals surface area contributed by atoms with Gasteiger partial charge in [-0.2, -0.15) is 0 Å². The molecule has 0 unspecified atom stereocenters. The van der Waals surface area contributed by atoms with Crippen LogP contribution in [0.3, 0.4) is 0 Å². The Kier molecular flexibility index (Phi) is 4.58. The van der Waals surface area contributed by atoms with Crippen LogP contribution in [0.4, 0.5) is 4.79 Å². The highest BCUT2D eigenvalue weighted by Crippen LogP contribution is 2.36. The highest BCUT2D eigenvalue weighted by atomic mass is 79.9. The zero-order chi connectivity index (χ0) is 13.1. The molecule has 0 saturated carbocycles. The number of ether oxygens (including phenoxy) is 1. The van der Waals surface area contributed by atoms with Crippen LogP contribution in [0, 0.1) is 0 Å². The van der Waals surface area contributed by atoms with E-state index in [0.29, 0.717) is 12.5 Å². The van der Waals surface area contributed by atoms with E-state index in [1.165, 1.54) is 9.78 Å². The molecule has 1 fully saturated rings. The summed E-state index contributed by atoms with van der Waals surface area (Å²) in [6, 6.07) is 0. The summed E-state index contributed by atoms with van der Waals surface area (Å²) < 4.78 is 6.17. The van der Waals surface area contributed by atoms with Gasteiger partial charge in [-0.1, -0.05) is 0 Å². The number of thiazole rings is 1. The third kappa shape index (κ3) is 3.21. The second-order valence-electron chi connectivity index (χ2n) is 4.30. The molecule has 1 aromatic rings. The Morgan fingerprint density at radius 1 is 1.61 bits per heavy atom. The average molecular weight is 335 g/mol. The van der Waals surface area contributed by atoms with Crippen molar-refractivity contribution >= 4 is 33.4 Å². The molecule has 5 nitrogen and oxygen atoms in total. The molecule has 100 valence electrons. The Hall–Kier alpha value is -0.660. The van der Waals surface area contributed by atoms with Gasteiger partial charge >= 0.3 is 6.09 Å². The number of rotatable bonds is 3. The van der Waals surface area contributed by atoms with Gasteiger partial charge in [0.1, 0.15) is 0 Å². The number of hydrogen-bond acceptors (Lipinski definition) is 4. The first-order valence-corrected chi connectivity index (χ1v) is 7.35. The summed E-state index contributed by atoms with van der Waals surface area (Å²) in [7, 11) is 1.56. The van der Waals surface area contributed by atoms with Gasteiger partial charge in [0.15, 0.2) is 3.92 Å². The summed E-state index contributed by atoms with van der Waals surface area (Å²) in [6.45, 7) is 1.88. The van der Waals surface area contributed by atoms with Gasteiger partial charge < -0.3 is 14.7 Å². The molecule has 0 aromatic carbocycles. The Morgan fingerprint density at radius 2 is 2.28 bits per heavy atom. The molecule has 1 aromatic heterocycles. The highest BCUT2D eigenvalue weighted by molar-refractivity contribution is 9.11. The monoisotopic (exact) mass is 334 g/mol. The third-order valence-corrected chi connectivity index (χ3v) is 4.72. The molecule has 1 amide bonds. The van der Waals surface area contributed by atoms with E-state index in [-0.39, 0.29) is 0 Å². The molecule has 0 bridgehead atoms. The van der Waals surface area contributed by atoms with Crippen LogP contribution in [-0.4, -0.2) is 41.3 Å². The summed E-state index contributed by atoms with van der Waals surface area (Å²) in [5.74, 6) is 0.444. The average Bonchev–Trinajstić information content (AvgIpc) is 2.71. The zero-order valence-electron chi connectivity index (χ0n) is 10.1. The van der Waals surface area contributed by atoms with Crippen LogP contribution >= 0.6 is 27.3 Å². The summed E-state index contributed by atoms with van der Waals surface area (Å²) in [5.41, 5.74) is 0.865. The molecular formula is C11H15BrN2O3S. The van der Waals surface area contributed by atoms with Gasteiger partial charge in [-0.05, 0) is 34.7 Å². The minimum atomic E-state index is -0.933. The van der Waals surface area contributed by atoms with E-state index in [1.54, 1.807) is 18.4 Å². The fourth-order valence-corrected chi connectivity index (χ4v) is 3.72. The summed E-state index contributed by atoms with van der Waals surface area (Å²) in [6.07, 6.45) is 1.04. The number of aromatic nitrogens is 1. The Morgan fingerprint density at radius 3 is 2.89 bits per heavy atom. The lowest BCUT2D eigenvalue weighted by atomic mass is 9.97. The fraction of sp³-hybridized carbons (Fsp3) is 0.636. The van der Waals surface area contributed by atoms with Crippen molar-refractivity contribution in [2.24, 2.45) is 0 Å². The summed E-state index contributed by atoms with van der Waals surface area (Å²) in [5, 5.41) is 8.92. The molecule has 1 aliphatic heterocycles. The third-order valence-electron chi connectivity index (χ3n) is 3.01. The van der Waals surface area contributed by atoms with E-state index in [9.17, 15) is 4.79 Å². The first-order valence-electron chi connectivity index (χ1n) is 5.75. The minimum absolute atomic E-state index is 0.337. The predicted molar refractivity (Wildman–Crippen MR) is 72.1 cm³/mol. The van der Waals surface area contributed by atoms with Crippen LogP contribution in [-0.2, 0) is 11.3 Å². The van der Waals surface area contributed by atoms with Crippen molar-refractivity contribution in [2.75, 3.05) is 20.3 Å². The van der Waals surface area contributed by atoms with Gasteiger partial charge in [0.05, 0.1) is 12.2 Å². The van der Waals surface area contributed by atoms with Gasteiger partial charge in [0.2, 0.25) is 0 Å². The summed E-state index contributed by atoms with van der Waals surface area (Å²) >= 11 is 4.99. The fourth-order valence-electron chi connectivity index (χ4n) is 2.02. The SMILES string of the molecule is CN(Cc1nc(Br)sc1C1CCOCC1)C(=O)O. The first-order chi connectivity index (χ1) is 8.58. The maximum atomic E-state index is 10.9. The molecular weight excluding hydrogens is 320 g/mol. The lowest BCUT2D eigenvalue weighted by molar-refractivity contribution is 0.0856. The first kappa shape index (κ1) is 13.8. The number of amides is 1. The van der Waals surface area contributed by atoms with Gasteiger partial charge in [-0.3, -0.25) is 0 Å². The van der Waals surface area contributed by atoms with Crippen molar-refractivity contribution < 1.29 is 14.6 Å². The van der Waals surface area contributed by atoms with Crippen molar-refractivity contribution in [3.63, 3.8) is 0 Å². The lowest BCUT2D eigenvalue weighted by Crippen LogP contribution is -2.25. The molecule has 18 heavy (non-hydrogen) atoms. The predicted octanol–water partition coefficient (Wildman–Crippen LogP) is 2.91. The van der Waals surface area contributed by atoms with E-state index >= 15 is 0 Å². The topological polar surface area (TPSA) is 62.7 Å². The maximum absolute atomic E-state index is 10.9. The maximum Gasteiger partial charge on any atom is 0.407 e. The molecule has 0 spiro atoms. The largest absolute Gasteiger partial charge is 0.465 e. The highest BCUT2D eigenvalue weighted by Gasteiger charge is 2.23. The number of hydrogen-bond donors (Lipinski definition) is 1. The van der Waals surface area contributed by atoms with Gasteiger partial charge in [-0.15, -0.1) is 11.3 Å². The van der Waals surface area contributed by atoms with Crippen LogP contribution in [0.1, 0.15) is 29.3 Å². The van der Waals surface area contributed by atoms with Crippen molar-refractivity contribution in [1.82, 2.24) is 9.88 Å². The van der Waals surface area contributed by atoms with Crippen LogP contribution in [0.5, 0.6) is 0 Å². The second kappa shape index (κ2) is 5.99. The van der Waals surface area contributed by atoms with E-state index in [4.69, 9.17) is 9.84 Å². The summed E-state index contributed by atoms with van der Waals surface area (Å²) in [4.78, 5) is 17.7. The molecule has 0 atom stereocenters. The van der Waals surface area contributed by atoms with Gasteiger partial charge in [-0.25, -0.2) is 9.78 Å². The van der Waals surface area contributed by atoms with E-state index < -0.39 is 6.09 Å². The molecule has 1 N–H and O–H groups in total.